The van der Waals surface area contributed by atoms with Gasteiger partial charge in [0.15, 0.2) is 11.5 Å². The van der Waals surface area contributed by atoms with Gasteiger partial charge in [0, 0.05) is 0 Å². The Morgan fingerprint density at radius 2 is 1.25 bits per heavy atom. The van der Waals surface area contributed by atoms with Crippen molar-refractivity contribution < 1.29 is 30.0 Å². The maximum atomic E-state index is 11.3. The van der Waals surface area contributed by atoms with Crippen molar-refractivity contribution in [3.05, 3.63) is 22.3 Å². The summed E-state index contributed by atoms with van der Waals surface area (Å²) in [5, 5.41) is 38.1. The number of aromatic hydroxyl groups is 2. The van der Waals surface area contributed by atoms with Crippen LogP contribution >= 0.6 is 0 Å². The van der Waals surface area contributed by atoms with Crippen molar-refractivity contribution in [3.63, 3.8) is 0 Å². The molecule has 0 unspecified atom stereocenters. The molecule has 1 aliphatic rings. The van der Waals surface area contributed by atoms with Crippen LogP contribution in [0.3, 0.4) is 0 Å². The van der Waals surface area contributed by atoms with Crippen molar-refractivity contribution in [2.45, 2.75) is 32.6 Å². The molecule has 0 heterocycles. The summed E-state index contributed by atoms with van der Waals surface area (Å²) in [5.74, 6) is -4.11. The van der Waals surface area contributed by atoms with Gasteiger partial charge >= 0.3 is 11.9 Å². The van der Waals surface area contributed by atoms with E-state index in [4.69, 9.17) is 0 Å². The third-order valence-corrected chi connectivity index (χ3v) is 3.87. The van der Waals surface area contributed by atoms with E-state index in [1.54, 1.807) is 0 Å². The number of carboxylic acid groups (broad SMARTS) is 2. The molecule has 0 fully saturated rings. The summed E-state index contributed by atoms with van der Waals surface area (Å²) < 4.78 is 0. The van der Waals surface area contributed by atoms with Crippen LogP contribution in [0.5, 0.6) is 11.5 Å². The minimum atomic E-state index is -1.36. The number of benzene rings is 1. The van der Waals surface area contributed by atoms with E-state index in [0.717, 1.165) is 12.8 Å². The van der Waals surface area contributed by atoms with Gasteiger partial charge in [0.1, 0.15) is 11.1 Å². The van der Waals surface area contributed by atoms with E-state index in [1.807, 2.05) is 6.92 Å². The molecule has 0 amide bonds. The number of carboxylic acids is 2. The van der Waals surface area contributed by atoms with E-state index in [9.17, 15) is 30.0 Å². The van der Waals surface area contributed by atoms with E-state index in [2.05, 4.69) is 0 Å². The highest BCUT2D eigenvalue weighted by Gasteiger charge is 2.31. The minimum Gasteiger partial charge on any atom is -0.504 e. The number of rotatable bonds is 2. The Labute approximate surface area is 115 Å². The first-order valence-electron chi connectivity index (χ1n) is 6.40. The number of hydrogen-bond acceptors (Lipinski definition) is 4. The van der Waals surface area contributed by atoms with Gasteiger partial charge in [-0.25, -0.2) is 9.59 Å². The molecule has 2 rings (SSSR count). The standard InChI is InChI=1S/C14H16O6/c1-6-2-4-7-8(5-3-6)10(14(19)20)12(16)11(15)9(7)13(17)18/h6,15-16H,2-5H2,1H3,(H,17,18)(H,19,20). The fraction of sp³-hybridized carbons (Fsp3) is 0.429. The van der Waals surface area contributed by atoms with Crippen LogP contribution in [0.2, 0.25) is 0 Å². The van der Waals surface area contributed by atoms with E-state index < -0.39 is 23.4 Å². The number of aromatic carboxylic acids is 2. The normalized spacial score (nSPS) is 15.4. The zero-order valence-electron chi connectivity index (χ0n) is 11.0. The number of fused-ring (bicyclic) bond motifs is 1. The lowest BCUT2D eigenvalue weighted by Gasteiger charge is -2.16. The van der Waals surface area contributed by atoms with Crippen molar-refractivity contribution in [2.75, 3.05) is 0 Å². The molecule has 0 aromatic heterocycles. The lowest BCUT2D eigenvalue weighted by molar-refractivity contribution is 0.0672. The lowest BCUT2D eigenvalue weighted by Crippen LogP contribution is -2.12. The van der Waals surface area contributed by atoms with E-state index in [-0.39, 0.29) is 11.1 Å². The molecule has 6 nitrogen and oxygen atoms in total. The first kappa shape index (κ1) is 14.2. The third-order valence-electron chi connectivity index (χ3n) is 3.87. The fourth-order valence-electron chi connectivity index (χ4n) is 2.76. The Balaban J connectivity index is 2.80. The second kappa shape index (κ2) is 5.03. The number of carbonyl (C=O) groups is 2. The number of phenols is 2. The van der Waals surface area contributed by atoms with Crippen molar-refractivity contribution in [1.82, 2.24) is 0 Å². The summed E-state index contributed by atoms with van der Waals surface area (Å²) in [6.07, 6.45) is 2.20. The Morgan fingerprint density at radius 1 is 0.900 bits per heavy atom. The highest BCUT2D eigenvalue weighted by Crippen LogP contribution is 2.41. The molecule has 1 aromatic rings. The smallest absolute Gasteiger partial charge is 0.339 e. The minimum absolute atomic E-state index is 0.328. The summed E-state index contributed by atoms with van der Waals surface area (Å²) in [5.41, 5.74) is -0.0997. The maximum Gasteiger partial charge on any atom is 0.339 e. The van der Waals surface area contributed by atoms with Crippen LogP contribution in [0.25, 0.3) is 0 Å². The molecule has 1 aliphatic carbocycles. The molecule has 20 heavy (non-hydrogen) atoms. The van der Waals surface area contributed by atoms with E-state index in [1.165, 1.54) is 0 Å². The molecule has 4 N–H and O–H groups in total. The number of hydrogen-bond donors (Lipinski definition) is 4. The Morgan fingerprint density at radius 3 is 1.55 bits per heavy atom. The molecular formula is C14H16O6. The predicted octanol–water partition coefficient (Wildman–Crippen LogP) is 2.01. The topological polar surface area (TPSA) is 115 Å². The summed E-state index contributed by atoms with van der Waals surface area (Å²) in [4.78, 5) is 22.6. The molecule has 1 aromatic carbocycles. The fourth-order valence-corrected chi connectivity index (χ4v) is 2.76. The van der Waals surface area contributed by atoms with Crippen LogP contribution in [0, 0.1) is 5.92 Å². The van der Waals surface area contributed by atoms with Crippen molar-refractivity contribution in [3.8, 4) is 11.5 Å². The Kier molecular flexibility index (Phi) is 3.57. The highest BCUT2D eigenvalue weighted by atomic mass is 16.4. The molecular weight excluding hydrogens is 264 g/mol. The monoisotopic (exact) mass is 280 g/mol. The van der Waals surface area contributed by atoms with Crippen LogP contribution in [-0.4, -0.2) is 32.4 Å². The third kappa shape index (κ3) is 2.17. The highest BCUT2D eigenvalue weighted by molar-refractivity contribution is 6.00. The second-order valence-electron chi connectivity index (χ2n) is 5.20. The predicted molar refractivity (Wildman–Crippen MR) is 69.5 cm³/mol. The molecule has 0 spiro atoms. The zero-order valence-corrected chi connectivity index (χ0v) is 11.0. The van der Waals surface area contributed by atoms with E-state index >= 15 is 0 Å². The van der Waals surface area contributed by atoms with Crippen molar-refractivity contribution >= 4 is 11.9 Å². The first-order chi connectivity index (χ1) is 9.34. The SMILES string of the molecule is CC1CCc2c(c(C(=O)O)c(O)c(O)c2C(=O)O)CC1. The van der Waals surface area contributed by atoms with E-state index in [0.29, 0.717) is 29.9 Å². The Bertz CT molecular complexity index is 539. The summed E-state index contributed by atoms with van der Waals surface area (Å²) in [7, 11) is 0. The second-order valence-corrected chi connectivity index (χ2v) is 5.20. The molecule has 0 bridgehead atoms. The van der Waals surface area contributed by atoms with Crippen LogP contribution in [0.4, 0.5) is 0 Å². The summed E-state index contributed by atoms with van der Waals surface area (Å²) in [6.45, 7) is 2.01. The van der Waals surface area contributed by atoms with Crippen molar-refractivity contribution in [1.29, 1.82) is 0 Å². The van der Waals surface area contributed by atoms with Crippen LogP contribution < -0.4 is 0 Å². The zero-order chi connectivity index (χ0) is 15.0. The molecule has 0 radical (unpaired) electrons. The molecule has 0 aliphatic heterocycles. The molecule has 0 atom stereocenters. The van der Waals surface area contributed by atoms with Gasteiger partial charge < -0.3 is 20.4 Å². The van der Waals surface area contributed by atoms with Crippen molar-refractivity contribution in [2.24, 2.45) is 5.92 Å². The van der Waals surface area contributed by atoms with Gasteiger partial charge in [0.05, 0.1) is 0 Å². The molecule has 0 saturated carbocycles. The van der Waals surface area contributed by atoms with Gasteiger partial charge in [-0.1, -0.05) is 6.92 Å². The van der Waals surface area contributed by atoms with Gasteiger partial charge in [-0.3, -0.25) is 0 Å². The van der Waals surface area contributed by atoms with Crippen LogP contribution in [-0.2, 0) is 12.8 Å². The van der Waals surface area contributed by atoms with Gasteiger partial charge in [-0.15, -0.1) is 0 Å². The van der Waals surface area contributed by atoms with Gasteiger partial charge in [0.2, 0.25) is 0 Å². The summed E-state index contributed by atoms with van der Waals surface area (Å²) in [6, 6.07) is 0. The summed E-state index contributed by atoms with van der Waals surface area (Å²) >= 11 is 0. The quantitative estimate of drug-likeness (QED) is 0.486. The van der Waals surface area contributed by atoms with Gasteiger partial charge in [0.25, 0.3) is 0 Å². The average molecular weight is 280 g/mol. The first-order valence-corrected chi connectivity index (χ1v) is 6.40. The average Bonchev–Trinajstić information content (AvgIpc) is 2.53. The Hall–Kier alpha value is -2.24. The lowest BCUT2D eigenvalue weighted by atomic mass is 9.90. The van der Waals surface area contributed by atoms with Crippen LogP contribution in [0.15, 0.2) is 0 Å². The maximum absolute atomic E-state index is 11.3. The molecule has 6 heteroatoms. The van der Waals surface area contributed by atoms with Gasteiger partial charge in [-0.2, -0.15) is 0 Å². The van der Waals surface area contributed by atoms with Crippen LogP contribution in [0.1, 0.15) is 51.6 Å². The largest absolute Gasteiger partial charge is 0.504 e. The molecule has 0 saturated heterocycles. The van der Waals surface area contributed by atoms with Gasteiger partial charge in [-0.05, 0) is 42.7 Å². The molecule has 108 valence electrons.